The van der Waals surface area contributed by atoms with Gasteiger partial charge in [0, 0.05) is 30.3 Å². The van der Waals surface area contributed by atoms with Crippen LogP contribution in [0.4, 0.5) is 14.5 Å². The van der Waals surface area contributed by atoms with Crippen molar-refractivity contribution in [2.75, 3.05) is 5.32 Å². The molecule has 3 nitrogen and oxygen atoms in total. The summed E-state index contributed by atoms with van der Waals surface area (Å²) in [5, 5.41) is 6.02. The molecule has 1 fully saturated rings. The van der Waals surface area contributed by atoms with Crippen molar-refractivity contribution in [1.82, 2.24) is 5.32 Å². The van der Waals surface area contributed by atoms with Crippen LogP contribution in [-0.4, -0.2) is 5.91 Å². The number of amides is 1. The molecule has 0 aliphatic heterocycles. The van der Waals surface area contributed by atoms with E-state index in [0.29, 0.717) is 12.1 Å². The van der Waals surface area contributed by atoms with E-state index in [1.165, 1.54) is 6.07 Å². The van der Waals surface area contributed by atoms with Crippen LogP contribution < -0.4 is 10.6 Å². The zero-order valence-corrected chi connectivity index (χ0v) is 13.3. The average molecular weight is 330 g/mol. The molecule has 1 aliphatic rings. The number of hydrogen-bond donors (Lipinski definition) is 2. The first-order chi connectivity index (χ1) is 11.6. The van der Waals surface area contributed by atoms with Gasteiger partial charge in [-0.1, -0.05) is 18.6 Å². The molecule has 3 rings (SSSR count). The number of nitrogens with one attached hydrogen (secondary N) is 2. The maximum absolute atomic E-state index is 13.6. The molecule has 0 radical (unpaired) electrons. The maximum Gasteiger partial charge on any atom is 0.227 e. The van der Waals surface area contributed by atoms with Gasteiger partial charge in [-0.15, -0.1) is 0 Å². The third-order valence-electron chi connectivity index (χ3n) is 4.32. The van der Waals surface area contributed by atoms with Gasteiger partial charge in [0.05, 0.1) is 0 Å². The molecular formula is C19H20F2N2O. The summed E-state index contributed by atoms with van der Waals surface area (Å²) in [7, 11) is 0. The van der Waals surface area contributed by atoms with Gasteiger partial charge < -0.3 is 10.6 Å². The predicted molar refractivity (Wildman–Crippen MR) is 89.3 cm³/mol. The molecule has 0 aromatic heterocycles. The number of halogens is 2. The first kappa shape index (κ1) is 16.6. The molecule has 0 spiro atoms. The van der Waals surface area contributed by atoms with E-state index in [4.69, 9.17) is 0 Å². The van der Waals surface area contributed by atoms with E-state index in [9.17, 15) is 13.6 Å². The van der Waals surface area contributed by atoms with Gasteiger partial charge in [-0.2, -0.15) is 0 Å². The molecular weight excluding hydrogens is 310 g/mol. The summed E-state index contributed by atoms with van der Waals surface area (Å²) in [5.41, 5.74) is 2.03. The number of hydrogen-bond acceptors (Lipinski definition) is 2. The molecule has 0 unspecified atom stereocenters. The second-order valence-electron chi connectivity index (χ2n) is 6.16. The van der Waals surface area contributed by atoms with Crippen LogP contribution in [0.25, 0.3) is 0 Å². The zero-order chi connectivity index (χ0) is 16.9. The molecule has 2 aromatic rings. The Bertz CT molecular complexity index is 729. The van der Waals surface area contributed by atoms with Gasteiger partial charge in [0.15, 0.2) is 0 Å². The van der Waals surface area contributed by atoms with Crippen LogP contribution in [0.1, 0.15) is 30.4 Å². The van der Waals surface area contributed by atoms with Gasteiger partial charge >= 0.3 is 0 Å². The molecule has 0 heterocycles. The van der Waals surface area contributed by atoms with Gasteiger partial charge in [0.25, 0.3) is 0 Å². The van der Waals surface area contributed by atoms with Crippen molar-refractivity contribution >= 4 is 11.6 Å². The highest BCUT2D eigenvalue weighted by molar-refractivity contribution is 5.93. The largest absolute Gasteiger partial charge is 0.326 e. The van der Waals surface area contributed by atoms with Crippen molar-refractivity contribution < 1.29 is 13.6 Å². The summed E-state index contributed by atoms with van der Waals surface area (Å²) in [6, 6.07) is 11.0. The molecule has 0 bridgehead atoms. The Kier molecular flexibility index (Phi) is 5.20. The van der Waals surface area contributed by atoms with E-state index < -0.39 is 11.6 Å². The van der Waals surface area contributed by atoms with E-state index in [1.807, 2.05) is 24.3 Å². The third-order valence-corrected chi connectivity index (χ3v) is 4.32. The molecule has 5 heteroatoms. The number of carbonyl (C=O) groups is 1. The fourth-order valence-electron chi connectivity index (χ4n) is 2.69. The number of benzene rings is 2. The molecule has 0 saturated heterocycles. The molecule has 1 aliphatic carbocycles. The molecule has 2 aromatic carbocycles. The van der Waals surface area contributed by atoms with Crippen molar-refractivity contribution in [2.24, 2.45) is 5.92 Å². The highest BCUT2D eigenvalue weighted by atomic mass is 19.1. The van der Waals surface area contributed by atoms with Crippen molar-refractivity contribution in [1.29, 1.82) is 0 Å². The van der Waals surface area contributed by atoms with Crippen molar-refractivity contribution in [3.05, 3.63) is 65.2 Å². The Balaban J connectivity index is 1.54. The minimum atomic E-state index is -0.450. The van der Waals surface area contributed by atoms with Crippen molar-refractivity contribution in [3.8, 4) is 0 Å². The molecule has 2 N–H and O–H groups in total. The Labute approximate surface area is 140 Å². The third kappa shape index (κ3) is 4.17. The topological polar surface area (TPSA) is 41.1 Å². The molecule has 1 amide bonds. The number of rotatable bonds is 6. The first-order valence-electron chi connectivity index (χ1n) is 8.16. The van der Waals surface area contributed by atoms with Gasteiger partial charge in [0.2, 0.25) is 5.91 Å². The lowest BCUT2D eigenvalue weighted by Crippen LogP contribution is -2.28. The highest BCUT2D eigenvalue weighted by Gasteiger charge is 2.25. The summed E-state index contributed by atoms with van der Waals surface area (Å²) in [5.74, 6) is -0.657. The molecule has 0 atom stereocenters. The SMILES string of the molecule is O=C(Nc1cccc(CNCc2cc(F)ccc2F)c1)C1CCC1. The van der Waals surface area contributed by atoms with Crippen molar-refractivity contribution in [2.45, 2.75) is 32.4 Å². The van der Waals surface area contributed by atoms with Crippen LogP contribution in [0.5, 0.6) is 0 Å². The second-order valence-corrected chi connectivity index (χ2v) is 6.16. The lowest BCUT2D eigenvalue weighted by Gasteiger charge is -2.24. The maximum atomic E-state index is 13.6. The standard InChI is InChI=1S/C19H20F2N2O/c20-16-7-8-18(21)15(10-16)12-22-11-13-3-1-6-17(9-13)23-19(24)14-4-2-5-14/h1,3,6-10,14,22H,2,4-5,11-12H2,(H,23,24). The Morgan fingerprint density at radius 1 is 1.08 bits per heavy atom. The Morgan fingerprint density at radius 3 is 2.67 bits per heavy atom. The predicted octanol–water partition coefficient (Wildman–Crippen LogP) is 3.99. The summed E-state index contributed by atoms with van der Waals surface area (Å²) in [6.07, 6.45) is 3.05. The van der Waals surface area contributed by atoms with Crippen LogP contribution in [0.15, 0.2) is 42.5 Å². The molecule has 1 saturated carbocycles. The fourth-order valence-corrected chi connectivity index (χ4v) is 2.69. The number of carbonyl (C=O) groups excluding carboxylic acids is 1. The lowest BCUT2D eigenvalue weighted by atomic mass is 9.85. The summed E-state index contributed by atoms with van der Waals surface area (Å²) in [4.78, 5) is 12.0. The monoisotopic (exact) mass is 330 g/mol. The van der Waals surface area contributed by atoms with Gasteiger partial charge in [-0.05, 0) is 48.7 Å². The minimum Gasteiger partial charge on any atom is -0.326 e. The van der Waals surface area contributed by atoms with E-state index >= 15 is 0 Å². The smallest absolute Gasteiger partial charge is 0.227 e. The van der Waals surface area contributed by atoms with Crippen LogP contribution in [0.3, 0.4) is 0 Å². The Morgan fingerprint density at radius 2 is 1.92 bits per heavy atom. The minimum absolute atomic E-state index is 0.0770. The van der Waals surface area contributed by atoms with Gasteiger partial charge in [-0.3, -0.25) is 4.79 Å². The van der Waals surface area contributed by atoms with E-state index in [1.54, 1.807) is 0 Å². The summed E-state index contributed by atoms with van der Waals surface area (Å²) < 4.78 is 26.7. The van der Waals surface area contributed by atoms with Crippen LogP contribution in [-0.2, 0) is 17.9 Å². The van der Waals surface area contributed by atoms with E-state index in [2.05, 4.69) is 10.6 Å². The van der Waals surface area contributed by atoms with Gasteiger partial charge in [-0.25, -0.2) is 8.78 Å². The zero-order valence-electron chi connectivity index (χ0n) is 13.3. The van der Waals surface area contributed by atoms with Crippen LogP contribution in [0.2, 0.25) is 0 Å². The van der Waals surface area contributed by atoms with Crippen LogP contribution in [0, 0.1) is 17.6 Å². The Hall–Kier alpha value is -2.27. The summed E-state index contributed by atoms with van der Waals surface area (Å²) in [6.45, 7) is 0.741. The summed E-state index contributed by atoms with van der Waals surface area (Å²) >= 11 is 0. The van der Waals surface area contributed by atoms with Crippen LogP contribution >= 0.6 is 0 Å². The van der Waals surface area contributed by atoms with Gasteiger partial charge in [0.1, 0.15) is 11.6 Å². The van der Waals surface area contributed by atoms with E-state index in [-0.39, 0.29) is 18.4 Å². The van der Waals surface area contributed by atoms with E-state index in [0.717, 1.165) is 42.6 Å². The average Bonchev–Trinajstić information content (AvgIpc) is 2.49. The second kappa shape index (κ2) is 7.53. The first-order valence-corrected chi connectivity index (χ1v) is 8.16. The fraction of sp³-hybridized carbons (Fsp3) is 0.316. The normalized spacial score (nSPS) is 14.2. The molecule has 126 valence electrons. The lowest BCUT2D eigenvalue weighted by molar-refractivity contribution is -0.122. The highest BCUT2D eigenvalue weighted by Crippen LogP contribution is 2.27. The van der Waals surface area contributed by atoms with Crippen molar-refractivity contribution in [3.63, 3.8) is 0 Å². The quantitative estimate of drug-likeness (QED) is 0.841. The number of anilines is 1. The molecule has 24 heavy (non-hydrogen) atoms.